The van der Waals surface area contributed by atoms with Gasteiger partial charge in [0.25, 0.3) is 0 Å². The molecule has 0 unspecified atom stereocenters. The Morgan fingerprint density at radius 1 is 0.867 bits per heavy atom. The van der Waals surface area contributed by atoms with Crippen LogP contribution in [-0.2, 0) is 11.2 Å². The van der Waals surface area contributed by atoms with Gasteiger partial charge < -0.3 is 15.5 Å². The zero-order chi connectivity index (χ0) is 21.3. The van der Waals surface area contributed by atoms with Crippen LogP contribution in [0.4, 0.5) is 11.4 Å². The average molecular weight is 422 g/mol. The van der Waals surface area contributed by atoms with E-state index >= 15 is 0 Å². The molecule has 0 fully saturated rings. The molecule has 5 heteroatoms. The van der Waals surface area contributed by atoms with E-state index in [1.54, 1.807) is 12.1 Å². The van der Waals surface area contributed by atoms with Gasteiger partial charge in [-0.15, -0.1) is 0 Å². The van der Waals surface area contributed by atoms with Gasteiger partial charge in [0.1, 0.15) is 0 Å². The zero-order valence-corrected chi connectivity index (χ0v) is 18.2. The van der Waals surface area contributed by atoms with Crippen LogP contribution in [0, 0.1) is 0 Å². The predicted octanol–water partition coefficient (Wildman–Crippen LogP) is 5.55. The van der Waals surface area contributed by atoms with Crippen molar-refractivity contribution in [3.63, 3.8) is 0 Å². The summed E-state index contributed by atoms with van der Waals surface area (Å²) in [7, 11) is 4.16. The van der Waals surface area contributed by atoms with Gasteiger partial charge in [-0.3, -0.25) is 4.79 Å². The fourth-order valence-electron chi connectivity index (χ4n) is 3.30. The second-order valence-electron chi connectivity index (χ2n) is 7.53. The van der Waals surface area contributed by atoms with E-state index in [1.807, 2.05) is 48.5 Å². The molecule has 0 aliphatic carbocycles. The summed E-state index contributed by atoms with van der Waals surface area (Å²) in [6, 6.07) is 23.5. The molecule has 3 rings (SSSR count). The third-order valence-electron chi connectivity index (χ3n) is 4.79. The molecule has 3 aromatic rings. The molecule has 156 valence electrons. The van der Waals surface area contributed by atoms with Gasteiger partial charge in [0.15, 0.2) is 0 Å². The van der Waals surface area contributed by atoms with Crippen LogP contribution in [0.2, 0.25) is 5.02 Å². The summed E-state index contributed by atoms with van der Waals surface area (Å²) in [6.45, 7) is 1.92. The second-order valence-corrected chi connectivity index (χ2v) is 7.96. The molecule has 0 atom stereocenters. The number of carbonyl (C=O) groups is 1. The highest BCUT2D eigenvalue weighted by Gasteiger charge is 2.12. The third-order valence-corrected chi connectivity index (χ3v) is 5.05. The van der Waals surface area contributed by atoms with E-state index in [2.05, 4.69) is 41.8 Å². The Hall–Kier alpha value is -2.82. The van der Waals surface area contributed by atoms with E-state index in [9.17, 15) is 4.79 Å². The van der Waals surface area contributed by atoms with Crippen molar-refractivity contribution in [3.05, 3.63) is 83.4 Å². The van der Waals surface area contributed by atoms with Crippen molar-refractivity contribution in [3.8, 4) is 11.1 Å². The first-order valence-corrected chi connectivity index (χ1v) is 10.5. The summed E-state index contributed by atoms with van der Waals surface area (Å²) < 4.78 is 0. The van der Waals surface area contributed by atoms with Crippen molar-refractivity contribution >= 4 is 28.9 Å². The number of carbonyl (C=O) groups excluding carboxylic acids is 1. The molecule has 0 saturated heterocycles. The molecule has 1 amide bonds. The molecule has 3 aromatic carbocycles. The van der Waals surface area contributed by atoms with Gasteiger partial charge in [-0.25, -0.2) is 0 Å². The number of anilines is 2. The van der Waals surface area contributed by atoms with Crippen molar-refractivity contribution in [1.82, 2.24) is 4.90 Å². The van der Waals surface area contributed by atoms with E-state index in [-0.39, 0.29) is 5.91 Å². The number of amides is 1. The van der Waals surface area contributed by atoms with Gasteiger partial charge in [-0.05, 0) is 56.9 Å². The summed E-state index contributed by atoms with van der Waals surface area (Å²) >= 11 is 5.93. The van der Waals surface area contributed by atoms with E-state index < -0.39 is 0 Å². The SMILES string of the molecule is CN(C)CCCNc1ccccc1-c1ccccc1NC(=O)Cc1ccc(Cl)cc1. The maximum absolute atomic E-state index is 12.6. The standard InChI is InChI=1S/C25H28ClN3O/c1-29(2)17-7-16-27-23-10-5-3-8-21(23)22-9-4-6-11-24(22)28-25(30)18-19-12-14-20(26)15-13-19/h3-6,8-15,27H,7,16-18H2,1-2H3,(H,28,30). The molecule has 0 aliphatic heterocycles. The summed E-state index contributed by atoms with van der Waals surface area (Å²) in [5.74, 6) is -0.0544. The number of halogens is 1. The molecule has 0 aromatic heterocycles. The fraction of sp³-hybridized carbons (Fsp3) is 0.240. The monoisotopic (exact) mass is 421 g/mol. The second kappa shape index (κ2) is 10.8. The highest BCUT2D eigenvalue weighted by molar-refractivity contribution is 6.30. The van der Waals surface area contributed by atoms with E-state index in [1.165, 1.54) is 0 Å². The third kappa shape index (κ3) is 6.34. The molecule has 30 heavy (non-hydrogen) atoms. The van der Waals surface area contributed by atoms with Crippen LogP contribution in [-0.4, -0.2) is 38.0 Å². The van der Waals surface area contributed by atoms with Gasteiger partial charge in [0.05, 0.1) is 6.42 Å². The summed E-state index contributed by atoms with van der Waals surface area (Å²) in [6.07, 6.45) is 1.36. The number of hydrogen-bond donors (Lipinski definition) is 2. The molecule has 2 N–H and O–H groups in total. The minimum Gasteiger partial charge on any atom is -0.384 e. The largest absolute Gasteiger partial charge is 0.384 e. The molecular formula is C25H28ClN3O. The maximum atomic E-state index is 12.6. The lowest BCUT2D eigenvalue weighted by Crippen LogP contribution is -2.16. The smallest absolute Gasteiger partial charge is 0.228 e. The van der Waals surface area contributed by atoms with Crippen LogP contribution >= 0.6 is 11.6 Å². The van der Waals surface area contributed by atoms with Crippen LogP contribution in [0.3, 0.4) is 0 Å². The Labute approximate surface area is 183 Å². The molecule has 0 heterocycles. The number of benzene rings is 3. The highest BCUT2D eigenvalue weighted by Crippen LogP contribution is 2.33. The normalized spacial score (nSPS) is 10.8. The summed E-state index contributed by atoms with van der Waals surface area (Å²) in [5, 5.41) is 7.28. The number of nitrogens with zero attached hydrogens (tertiary/aromatic N) is 1. The van der Waals surface area contributed by atoms with Crippen LogP contribution in [0.15, 0.2) is 72.8 Å². The average Bonchev–Trinajstić information content (AvgIpc) is 2.73. The van der Waals surface area contributed by atoms with Gasteiger partial charge in [-0.1, -0.05) is 60.1 Å². The van der Waals surface area contributed by atoms with Gasteiger partial charge in [0.2, 0.25) is 5.91 Å². The van der Waals surface area contributed by atoms with E-state index in [4.69, 9.17) is 11.6 Å². The summed E-state index contributed by atoms with van der Waals surface area (Å²) in [5.41, 5.74) is 4.87. The molecular weight excluding hydrogens is 394 g/mol. The Morgan fingerprint density at radius 2 is 1.47 bits per heavy atom. The lowest BCUT2D eigenvalue weighted by Gasteiger charge is -2.16. The highest BCUT2D eigenvalue weighted by atomic mass is 35.5. The first-order valence-electron chi connectivity index (χ1n) is 10.1. The lowest BCUT2D eigenvalue weighted by molar-refractivity contribution is -0.115. The Balaban J connectivity index is 1.75. The minimum absolute atomic E-state index is 0.0544. The molecule has 0 bridgehead atoms. The molecule has 0 aliphatic rings. The van der Waals surface area contributed by atoms with Crippen LogP contribution in [0.25, 0.3) is 11.1 Å². The maximum Gasteiger partial charge on any atom is 0.228 e. The minimum atomic E-state index is -0.0544. The number of rotatable bonds is 9. The van der Waals surface area contributed by atoms with Crippen LogP contribution in [0.5, 0.6) is 0 Å². The Bertz CT molecular complexity index is 970. The fourth-order valence-corrected chi connectivity index (χ4v) is 3.43. The first kappa shape index (κ1) is 21.9. The van der Waals surface area contributed by atoms with Crippen molar-refractivity contribution in [2.75, 3.05) is 37.8 Å². The summed E-state index contributed by atoms with van der Waals surface area (Å²) in [4.78, 5) is 14.8. The lowest BCUT2D eigenvalue weighted by atomic mass is 10.0. The quantitative estimate of drug-likeness (QED) is 0.445. The molecule has 0 spiro atoms. The Morgan fingerprint density at radius 3 is 2.13 bits per heavy atom. The number of hydrogen-bond acceptors (Lipinski definition) is 3. The van der Waals surface area contributed by atoms with Crippen molar-refractivity contribution in [2.24, 2.45) is 0 Å². The molecule has 0 saturated carbocycles. The predicted molar refractivity (Wildman–Crippen MR) is 127 cm³/mol. The van der Waals surface area contributed by atoms with E-state index in [0.29, 0.717) is 11.4 Å². The van der Waals surface area contributed by atoms with Crippen molar-refractivity contribution in [2.45, 2.75) is 12.8 Å². The zero-order valence-electron chi connectivity index (χ0n) is 17.5. The van der Waals surface area contributed by atoms with E-state index in [0.717, 1.165) is 47.6 Å². The van der Waals surface area contributed by atoms with Gasteiger partial charge >= 0.3 is 0 Å². The number of para-hydroxylation sites is 2. The first-order chi connectivity index (χ1) is 14.5. The van der Waals surface area contributed by atoms with Crippen molar-refractivity contribution < 1.29 is 4.79 Å². The van der Waals surface area contributed by atoms with Crippen LogP contribution in [0.1, 0.15) is 12.0 Å². The topological polar surface area (TPSA) is 44.4 Å². The molecule has 4 nitrogen and oxygen atoms in total. The number of nitrogens with one attached hydrogen (secondary N) is 2. The van der Waals surface area contributed by atoms with Crippen LogP contribution < -0.4 is 10.6 Å². The van der Waals surface area contributed by atoms with Gasteiger partial charge in [0, 0.05) is 34.1 Å². The Kier molecular flexibility index (Phi) is 7.89. The van der Waals surface area contributed by atoms with Gasteiger partial charge in [-0.2, -0.15) is 0 Å². The van der Waals surface area contributed by atoms with Crippen molar-refractivity contribution in [1.29, 1.82) is 0 Å². The molecule has 0 radical (unpaired) electrons.